The average molecular weight is 396 g/mol. The fraction of sp³-hybridized carbons (Fsp3) is 0.150. The lowest BCUT2D eigenvalue weighted by Crippen LogP contribution is -2.22. The summed E-state index contributed by atoms with van der Waals surface area (Å²) in [7, 11) is 0. The van der Waals surface area contributed by atoms with E-state index in [1.807, 2.05) is 0 Å². The van der Waals surface area contributed by atoms with Gasteiger partial charge < -0.3 is 14.5 Å². The minimum absolute atomic E-state index is 0.0355. The molecule has 0 aliphatic carbocycles. The number of carbonyl (C=O) groups excluding carboxylic acids is 2. The van der Waals surface area contributed by atoms with Crippen LogP contribution in [0.2, 0.25) is 0 Å². The van der Waals surface area contributed by atoms with Crippen LogP contribution in [0.1, 0.15) is 21.7 Å². The number of benzene rings is 2. The molecule has 1 N–H and O–H groups in total. The van der Waals surface area contributed by atoms with Crippen molar-refractivity contribution in [1.29, 1.82) is 0 Å². The number of amides is 1. The molecule has 0 bridgehead atoms. The van der Waals surface area contributed by atoms with Gasteiger partial charge in [-0.3, -0.25) is 19.7 Å². The number of nitro groups is 1. The second-order valence-electron chi connectivity index (χ2n) is 6.25. The van der Waals surface area contributed by atoms with Crippen LogP contribution in [0.4, 0.5) is 11.4 Å². The van der Waals surface area contributed by atoms with E-state index in [4.69, 9.17) is 9.15 Å². The molecule has 0 fully saturated rings. The lowest BCUT2D eigenvalue weighted by molar-refractivity contribution is -0.384. The van der Waals surface area contributed by atoms with Crippen LogP contribution in [0.15, 0.2) is 51.7 Å². The number of rotatable bonds is 5. The Kier molecular flexibility index (Phi) is 5.40. The Morgan fingerprint density at radius 3 is 2.62 bits per heavy atom. The van der Waals surface area contributed by atoms with Crippen molar-refractivity contribution >= 4 is 34.2 Å². The maximum Gasteiger partial charge on any atom is 0.374 e. The summed E-state index contributed by atoms with van der Waals surface area (Å²) < 4.78 is 10.2. The number of nitrogens with zero attached hydrogens (tertiary/aromatic N) is 1. The number of hydrogen-bond donors (Lipinski definition) is 1. The van der Waals surface area contributed by atoms with E-state index in [1.165, 1.54) is 12.1 Å². The molecule has 0 radical (unpaired) electrons. The van der Waals surface area contributed by atoms with Gasteiger partial charge in [-0.1, -0.05) is 18.2 Å². The minimum Gasteiger partial charge on any atom is -0.450 e. The smallest absolute Gasteiger partial charge is 0.374 e. The highest BCUT2D eigenvalue weighted by Gasteiger charge is 2.21. The molecule has 0 saturated heterocycles. The predicted octanol–water partition coefficient (Wildman–Crippen LogP) is 3.11. The van der Waals surface area contributed by atoms with E-state index in [-0.39, 0.29) is 22.7 Å². The molecule has 0 aliphatic rings. The van der Waals surface area contributed by atoms with Gasteiger partial charge in [-0.15, -0.1) is 0 Å². The van der Waals surface area contributed by atoms with Crippen molar-refractivity contribution in [2.75, 3.05) is 11.9 Å². The molecule has 148 valence electrons. The third-order valence-corrected chi connectivity index (χ3v) is 4.35. The molecular weight excluding hydrogens is 380 g/mol. The Bertz CT molecular complexity index is 1200. The zero-order valence-electron chi connectivity index (χ0n) is 15.6. The van der Waals surface area contributed by atoms with Gasteiger partial charge >= 0.3 is 5.97 Å². The zero-order chi connectivity index (χ0) is 21.1. The van der Waals surface area contributed by atoms with Crippen LogP contribution in [0.5, 0.6) is 0 Å². The quantitative estimate of drug-likeness (QED) is 0.398. The molecular formula is C20H16N2O7. The van der Waals surface area contributed by atoms with E-state index in [0.29, 0.717) is 10.9 Å². The first kappa shape index (κ1) is 19.7. The Morgan fingerprint density at radius 1 is 1.17 bits per heavy atom. The highest BCUT2D eigenvalue weighted by atomic mass is 16.6. The van der Waals surface area contributed by atoms with Crippen LogP contribution in [-0.2, 0) is 9.53 Å². The van der Waals surface area contributed by atoms with Crippen LogP contribution in [0, 0.1) is 24.0 Å². The van der Waals surface area contributed by atoms with Gasteiger partial charge in [0.2, 0.25) is 5.76 Å². The largest absolute Gasteiger partial charge is 0.450 e. The molecule has 0 aliphatic heterocycles. The minimum atomic E-state index is -1.00. The van der Waals surface area contributed by atoms with Gasteiger partial charge in [0.25, 0.3) is 11.6 Å². The van der Waals surface area contributed by atoms with Gasteiger partial charge in [-0.05, 0) is 37.1 Å². The molecule has 9 nitrogen and oxygen atoms in total. The summed E-state index contributed by atoms with van der Waals surface area (Å²) in [6.07, 6.45) is 0. The number of fused-ring (bicyclic) bond motifs is 1. The molecule has 1 heterocycles. The number of esters is 1. The second-order valence-corrected chi connectivity index (χ2v) is 6.25. The van der Waals surface area contributed by atoms with Crippen molar-refractivity contribution in [3.8, 4) is 0 Å². The number of nitro benzene ring substituents is 1. The monoisotopic (exact) mass is 396 g/mol. The van der Waals surface area contributed by atoms with E-state index in [2.05, 4.69) is 5.32 Å². The molecule has 1 amide bonds. The zero-order valence-corrected chi connectivity index (χ0v) is 15.6. The van der Waals surface area contributed by atoms with E-state index >= 15 is 0 Å². The first-order chi connectivity index (χ1) is 13.8. The molecule has 3 aromatic rings. The maximum absolute atomic E-state index is 12.2. The summed E-state index contributed by atoms with van der Waals surface area (Å²) in [6, 6.07) is 10.2. The van der Waals surface area contributed by atoms with Crippen molar-refractivity contribution < 1.29 is 23.7 Å². The molecule has 29 heavy (non-hydrogen) atoms. The van der Waals surface area contributed by atoms with Gasteiger partial charge in [0.05, 0.1) is 10.3 Å². The third-order valence-electron chi connectivity index (χ3n) is 4.35. The molecule has 0 spiro atoms. The molecule has 9 heteroatoms. The summed E-state index contributed by atoms with van der Waals surface area (Å²) in [5, 5.41) is 13.9. The van der Waals surface area contributed by atoms with Gasteiger partial charge in [0.15, 0.2) is 12.0 Å². The topological polar surface area (TPSA) is 129 Å². The normalized spacial score (nSPS) is 10.6. The SMILES string of the molecule is Cc1ccc([N+](=O)[O-])c(NC(=O)COC(=O)c2cc(=O)c3ccccc3o2)c1C. The highest BCUT2D eigenvalue weighted by Crippen LogP contribution is 2.30. The van der Waals surface area contributed by atoms with Crippen molar-refractivity contribution in [2.24, 2.45) is 0 Å². The van der Waals surface area contributed by atoms with E-state index in [1.54, 1.807) is 38.1 Å². The fourth-order valence-corrected chi connectivity index (χ4v) is 2.69. The van der Waals surface area contributed by atoms with Crippen LogP contribution in [-0.4, -0.2) is 23.4 Å². The van der Waals surface area contributed by atoms with Gasteiger partial charge in [0.1, 0.15) is 11.3 Å². The summed E-state index contributed by atoms with van der Waals surface area (Å²) in [4.78, 5) is 46.9. The highest BCUT2D eigenvalue weighted by molar-refractivity contribution is 5.97. The van der Waals surface area contributed by atoms with Crippen molar-refractivity contribution in [3.63, 3.8) is 0 Å². The number of carbonyl (C=O) groups is 2. The lowest BCUT2D eigenvalue weighted by atomic mass is 10.1. The number of ether oxygens (including phenoxy) is 1. The lowest BCUT2D eigenvalue weighted by Gasteiger charge is -2.11. The maximum atomic E-state index is 12.2. The van der Waals surface area contributed by atoms with Crippen LogP contribution < -0.4 is 10.7 Å². The molecule has 2 aromatic carbocycles. The number of para-hydroxylation sites is 1. The van der Waals surface area contributed by atoms with Gasteiger partial charge in [-0.2, -0.15) is 0 Å². The number of anilines is 1. The van der Waals surface area contributed by atoms with Gasteiger partial charge in [0, 0.05) is 12.1 Å². The Labute approximate surface area is 164 Å². The van der Waals surface area contributed by atoms with E-state index < -0.39 is 28.8 Å². The first-order valence-electron chi connectivity index (χ1n) is 8.52. The standard InChI is InChI=1S/C20H16N2O7/c1-11-7-8-14(22(26)27)19(12(11)2)21-18(24)10-28-20(25)17-9-15(23)13-5-3-4-6-16(13)29-17/h3-9H,10H2,1-2H3,(H,21,24). The molecule has 0 unspecified atom stereocenters. The van der Waals surface area contributed by atoms with E-state index in [9.17, 15) is 24.5 Å². The van der Waals surface area contributed by atoms with Crippen LogP contribution >= 0.6 is 0 Å². The molecule has 1 aromatic heterocycles. The predicted molar refractivity (Wildman–Crippen MR) is 104 cm³/mol. The third kappa shape index (κ3) is 4.13. The van der Waals surface area contributed by atoms with Crippen molar-refractivity contribution in [2.45, 2.75) is 13.8 Å². The second kappa shape index (κ2) is 7.93. The van der Waals surface area contributed by atoms with E-state index in [0.717, 1.165) is 11.6 Å². The molecule has 3 rings (SSSR count). The Morgan fingerprint density at radius 2 is 1.90 bits per heavy atom. The summed E-state index contributed by atoms with van der Waals surface area (Å²) in [5.41, 5.74) is 0.832. The van der Waals surface area contributed by atoms with Gasteiger partial charge in [-0.25, -0.2) is 4.79 Å². The summed E-state index contributed by atoms with van der Waals surface area (Å²) in [6.45, 7) is 2.67. The Hall–Kier alpha value is -4.01. The van der Waals surface area contributed by atoms with Crippen LogP contribution in [0.25, 0.3) is 11.0 Å². The molecule has 0 saturated carbocycles. The summed E-state index contributed by atoms with van der Waals surface area (Å²) >= 11 is 0. The van der Waals surface area contributed by atoms with Crippen LogP contribution in [0.3, 0.4) is 0 Å². The van der Waals surface area contributed by atoms with Crippen molar-refractivity contribution in [1.82, 2.24) is 0 Å². The Balaban J connectivity index is 1.73. The van der Waals surface area contributed by atoms with Crippen molar-refractivity contribution in [3.05, 3.63) is 79.7 Å². The average Bonchev–Trinajstić information content (AvgIpc) is 2.69. The first-order valence-corrected chi connectivity index (χ1v) is 8.52. The summed E-state index contributed by atoms with van der Waals surface area (Å²) in [5.74, 6) is -2.11. The number of nitrogens with one attached hydrogen (secondary N) is 1. The number of aryl methyl sites for hydroxylation is 1. The number of hydrogen-bond acceptors (Lipinski definition) is 7. The molecule has 0 atom stereocenters. The fourth-order valence-electron chi connectivity index (χ4n) is 2.69.